The molecule has 4 rings (SSSR count). The molecule has 3 N–H and O–H groups in total. The maximum Gasteiger partial charge on any atom is 0.287 e. The molecule has 1 aromatic heterocycles. The minimum absolute atomic E-state index is 0.175. The molecular formula is C19H22FN3O3. The number of rotatable bonds is 5. The van der Waals surface area contributed by atoms with E-state index in [9.17, 15) is 9.18 Å². The number of carbonyl (C=O) groups is 1. The Kier molecular flexibility index (Phi) is 4.90. The average molecular weight is 359 g/mol. The zero-order chi connectivity index (χ0) is 17.9. The lowest BCUT2D eigenvalue weighted by Crippen LogP contribution is -2.44. The van der Waals surface area contributed by atoms with Gasteiger partial charge in [0, 0.05) is 18.6 Å². The van der Waals surface area contributed by atoms with Gasteiger partial charge in [-0.15, -0.1) is 0 Å². The number of amides is 1. The number of hydrogen-bond acceptors (Lipinski definition) is 5. The van der Waals surface area contributed by atoms with Gasteiger partial charge in [-0.25, -0.2) is 4.39 Å². The van der Waals surface area contributed by atoms with Crippen molar-refractivity contribution in [2.45, 2.75) is 38.0 Å². The Balaban J connectivity index is 1.29. The van der Waals surface area contributed by atoms with Crippen molar-refractivity contribution in [1.82, 2.24) is 16.2 Å². The molecule has 138 valence electrons. The van der Waals surface area contributed by atoms with Crippen LogP contribution in [0.3, 0.4) is 0 Å². The SMILES string of the molecule is O=C(NC1CCC2NNCC2C1)c1ccc(COc2ccc(F)cc2)o1. The van der Waals surface area contributed by atoms with Gasteiger partial charge in [0.25, 0.3) is 5.91 Å². The molecule has 3 atom stereocenters. The van der Waals surface area contributed by atoms with E-state index in [2.05, 4.69) is 16.2 Å². The summed E-state index contributed by atoms with van der Waals surface area (Å²) in [5.74, 6) is 1.43. The van der Waals surface area contributed by atoms with Crippen molar-refractivity contribution in [2.24, 2.45) is 5.92 Å². The fourth-order valence-electron chi connectivity index (χ4n) is 3.65. The Morgan fingerprint density at radius 3 is 2.92 bits per heavy atom. The normalized spacial score (nSPS) is 24.9. The van der Waals surface area contributed by atoms with Gasteiger partial charge in [-0.3, -0.25) is 15.6 Å². The molecule has 1 saturated carbocycles. The van der Waals surface area contributed by atoms with Gasteiger partial charge >= 0.3 is 0 Å². The van der Waals surface area contributed by atoms with E-state index in [0.29, 0.717) is 23.5 Å². The van der Waals surface area contributed by atoms with Gasteiger partial charge in [0.15, 0.2) is 5.76 Å². The van der Waals surface area contributed by atoms with E-state index in [1.807, 2.05) is 0 Å². The first-order valence-corrected chi connectivity index (χ1v) is 8.94. The van der Waals surface area contributed by atoms with Crippen molar-refractivity contribution < 1.29 is 18.3 Å². The summed E-state index contributed by atoms with van der Waals surface area (Å²) in [4.78, 5) is 12.4. The second-order valence-corrected chi connectivity index (χ2v) is 6.88. The van der Waals surface area contributed by atoms with Crippen LogP contribution in [0.15, 0.2) is 40.8 Å². The van der Waals surface area contributed by atoms with E-state index in [-0.39, 0.29) is 30.1 Å². The number of fused-ring (bicyclic) bond motifs is 1. The molecule has 1 saturated heterocycles. The van der Waals surface area contributed by atoms with E-state index in [4.69, 9.17) is 9.15 Å². The summed E-state index contributed by atoms with van der Waals surface area (Å²) in [6, 6.07) is 9.84. The number of hydrazine groups is 1. The Morgan fingerprint density at radius 1 is 1.23 bits per heavy atom. The summed E-state index contributed by atoms with van der Waals surface area (Å²) in [6.07, 6.45) is 2.98. The average Bonchev–Trinajstić information content (AvgIpc) is 3.30. The molecule has 3 unspecified atom stereocenters. The van der Waals surface area contributed by atoms with Crippen LogP contribution >= 0.6 is 0 Å². The number of ether oxygens (including phenoxy) is 1. The standard InChI is InChI=1S/C19H22FN3O3/c20-13-1-4-15(5-2-13)25-11-16-6-8-18(26-16)19(24)22-14-3-7-17-12(9-14)10-21-23-17/h1-2,4-6,8,12,14,17,21,23H,3,7,9-11H2,(H,22,24). The molecule has 0 spiro atoms. The first-order valence-electron chi connectivity index (χ1n) is 8.94. The molecular weight excluding hydrogens is 337 g/mol. The lowest BCUT2D eigenvalue weighted by Gasteiger charge is -2.30. The predicted octanol–water partition coefficient (Wildman–Crippen LogP) is 2.37. The van der Waals surface area contributed by atoms with Crippen LogP contribution in [0.5, 0.6) is 5.75 Å². The number of nitrogens with one attached hydrogen (secondary N) is 3. The molecule has 7 heteroatoms. The fraction of sp³-hybridized carbons (Fsp3) is 0.421. The largest absolute Gasteiger partial charge is 0.486 e. The van der Waals surface area contributed by atoms with E-state index in [1.165, 1.54) is 12.1 Å². The van der Waals surface area contributed by atoms with E-state index in [1.54, 1.807) is 24.3 Å². The fourth-order valence-corrected chi connectivity index (χ4v) is 3.65. The first-order chi connectivity index (χ1) is 12.7. The van der Waals surface area contributed by atoms with Gasteiger partial charge in [0.2, 0.25) is 0 Å². The maximum absolute atomic E-state index is 12.9. The number of halogens is 1. The van der Waals surface area contributed by atoms with Crippen LogP contribution in [0, 0.1) is 11.7 Å². The van der Waals surface area contributed by atoms with Crippen LogP contribution < -0.4 is 20.9 Å². The van der Waals surface area contributed by atoms with Crippen molar-refractivity contribution >= 4 is 5.91 Å². The van der Waals surface area contributed by atoms with Crippen molar-refractivity contribution in [2.75, 3.05) is 6.54 Å². The number of furan rings is 1. The molecule has 1 aliphatic carbocycles. The van der Waals surface area contributed by atoms with Crippen molar-refractivity contribution in [3.05, 3.63) is 53.7 Å². The predicted molar refractivity (Wildman–Crippen MR) is 93.0 cm³/mol. The monoisotopic (exact) mass is 359 g/mol. The minimum Gasteiger partial charge on any atom is -0.486 e. The Labute approximate surface area is 151 Å². The summed E-state index contributed by atoms with van der Waals surface area (Å²) in [5.41, 5.74) is 6.47. The molecule has 2 aromatic rings. The summed E-state index contributed by atoms with van der Waals surface area (Å²) >= 11 is 0. The van der Waals surface area contributed by atoms with Crippen LogP contribution in [0.1, 0.15) is 35.6 Å². The molecule has 0 bridgehead atoms. The molecule has 1 aromatic carbocycles. The summed E-state index contributed by atoms with van der Waals surface area (Å²) < 4.78 is 24.0. The van der Waals surface area contributed by atoms with E-state index >= 15 is 0 Å². The van der Waals surface area contributed by atoms with Gasteiger partial charge < -0.3 is 14.5 Å². The van der Waals surface area contributed by atoms with Crippen molar-refractivity contribution in [3.63, 3.8) is 0 Å². The second kappa shape index (κ2) is 7.47. The summed E-state index contributed by atoms with van der Waals surface area (Å²) in [5, 5.41) is 3.07. The molecule has 1 amide bonds. The van der Waals surface area contributed by atoms with Crippen LogP contribution in [0.25, 0.3) is 0 Å². The van der Waals surface area contributed by atoms with Gasteiger partial charge in [0.1, 0.15) is 23.9 Å². The highest BCUT2D eigenvalue weighted by Gasteiger charge is 2.34. The molecule has 1 aliphatic heterocycles. The third kappa shape index (κ3) is 3.89. The third-order valence-electron chi connectivity index (χ3n) is 5.05. The van der Waals surface area contributed by atoms with Crippen LogP contribution in [0.4, 0.5) is 4.39 Å². The first kappa shape index (κ1) is 17.1. The van der Waals surface area contributed by atoms with Crippen LogP contribution in [0.2, 0.25) is 0 Å². The molecule has 2 heterocycles. The molecule has 26 heavy (non-hydrogen) atoms. The van der Waals surface area contributed by atoms with E-state index < -0.39 is 0 Å². The van der Waals surface area contributed by atoms with Gasteiger partial charge in [-0.1, -0.05) is 0 Å². The lowest BCUT2D eigenvalue weighted by molar-refractivity contribution is 0.0886. The highest BCUT2D eigenvalue weighted by atomic mass is 19.1. The minimum atomic E-state index is -0.312. The van der Waals surface area contributed by atoms with Gasteiger partial charge in [0.05, 0.1) is 0 Å². The Morgan fingerprint density at radius 2 is 2.08 bits per heavy atom. The van der Waals surface area contributed by atoms with Crippen LogP contribution in [-0.2, 0) is 6.61 Å². The summed E-state index contributed by atoms with van der Waals surface area (Å²) in [6.45, 7) is 1.13. The summed E-state index contributed by atoms with van der Waals surface area (Å²) in [7, 11) is 0. The second-order valence-electron chi connectivity index (χ2n) is 6.88. The molecule has 6 nitrogen and oxygen atoms in total. The molecule has 2 aliphatic rings. The van der Waals surface area contributed by atoms with Crippen molar-refractivity contribution in [3.8, 4) is 5.75 Å². The molecule has 2 fully saturated rings. The Bertz CT molecular complexity index is 762. The molecule has 0 radical (unpaired) electrons. The third-order valence-corrected chi connectivity index (χ3v) is 5.05. The van der Waals surface area contributed by atoms with Crippen LogP contribution in [-0.4, -0.2) is 24.5 Å². The maximum atomic E-state index is 12.9. The number of benzene rings is 1. The van der Waals surface area contributed by atoms with Gasteiger partial charge in [-0.05, 0) is 61.6 Å². The zero-order valence-corrected chi connectivity index (χ0v) is 14.3. The van der Waals surface area contributed by atoms with Gasteiger partial charge in [-0.2, -0.15) is 0 Å². The Hall–Kier alpha value is -2.38. The number of hydrogen-bond donors (Lipinski definition) is 3. The topological polar surface area (TPSA) is 75.5 Å². The smallest absolute Gasteiger partial charge is 0.287 e. The van der Waals surface area contributed by atoms with E-state index in [0.717, 1.165) is 25.8 Å². The lowest BCUT2D eigenvalue weighted by atomic mass is 9.83. The highest BCUT2D eigenvalue weighted by Crippen LogP contribution is 2.27. The van der Waals surface area contributed by atoms with Crippen molar-refractivity contribution in [1.29, 1.82) is 0 Å². The number of carbonyl (C=O) groups excluding carboxylic acids is 1. The highest BCUT2D eigenvalue weighted by molar-refractivity contribution is 5.91. The quantitative estimate of drug-likeness (QED) is 0.764. The zero-order valence-electron chi connectivity index (χ0n) is 14.3.